The monoisotopic (exact) mass is 277 g/mol. The van der Waals surface area contributed by atoms with Crippen molar-refractivity contribution in [3.05, 3.63) is 34.1 Å². The van der Waals surface area contributed by atoms with E-state index in [2.05, 4.69) is 0 Å². The van der Waals surface area contributed by atoms with Crippen molar-refractivity contribution < 1.29 is 8.78 Å². The van der Waals surface area contributed by atoms with Gasteiger partial charge in [-0.3, -0.25) is 0 Å². The second-order valence-corrected chi connectivity index (χ2v) is 4.42. The fraction of sp³-hybridized carbons (Fsp3) is 0.571. The van der Waals surface area contributed by atoms with Crippen LogP contribution >= 0.6 is 11.6 Å². The van der Waals surface area contributed by atoms with Gasteiger partial charge in [-0.1, -0.05) is 31.5 Å². The number of halogens is 3. The highest BCUT2D eigenvalue weighted by Crippen LogP contribution is 2.21. The Balaban J connectivity index is 0.00000137. The molecule has 0 saturated heterocycles. The van der Waals surface area contributed by atoms with Crippen molar-refractivity contribution in [3.63, 3.8) is 0 Å². The Labute approximate surface area is 113 Å². The van der Waals surface area contributed by atoms with Crippen molar-refractivity contribution >= 4 is 11.6 Å². The third-order valence-corrected chi connectivity index (χ3v) is 2.78. The first-order chi connectivity index (χ1) is 8.54. The van der Waals surface area contributed by atoms with Gasteiger partial charge in [-0.15, -0.1) is 0 Å². The zero-order valence-electron chi connectivity index (χ0n) is 11.3. The molecule has 0 spiro atoms. The first kappa shape index (κ1) is 17.3. The zero-order chi connectivity index (χ0) is 14.1. The molecule has 1 rings (SSSR count). The summed E-state index contributed by atoms with van der Waals surface area (Å²) in [5.74, 6) is -0.370. The van der Waals surface area contributed by atoms with Crippen LogP contribution in [0.4, 0.5) is 8.78 Å². The maximum absolute atomic E-state index is 13.2. The summed E-state index contributed by atoms with van der Waals surface area (Å²) < 4.78 is 25.3. The summed E-state index contributed by atoms with van der Waals surface area (Å²) >= 11 is 5.73. The molecule has 1 unspecified atom stereocenters. The molecule has 0 aromatic heterocycles. The molecule has 2 N–H and O–H groups in total. The molecule has 1 aromatic carbocycles. The van der Waals surface area contributed by atoms with Gasteiger partial charge in [-0.05, 0) is 43.4 Å². The van der Waals surface area contributed by atoms with Gasteiger partial charge >= 0.3 is 0 Å². The number of alkyl halides is 1. The minimum absolute atomic E-state index is 0.143. The van der Waals surface area contributed by atoms with E-state index in [0.29, 0.717) is 12.0 Å². The number of rotatable bonds is 5. The van der Waals surface area contributed by atoms with Gasteiger partial charge in [-0.2, -0.15) is 0 Å². The summed E-state index contributed by atoms with van der Waals surface area (Å²) in [6.45, 7) is 5.18. The molecule has 0 bridgehead atoms. The normalized spacial score (nSPS) is 11.7. The molecule has 18 heavy (non-hydrogen) atoms. The third-order valence-electron chi connectivity index (χ3n) is 2.51. The Bertz CT molecular complexity index is 333. The lowest BCUT2D eigenvalue weighted by molar-refractivity contribution is 0.407. The maximum atomic E-state index is 13.2. The predicted molar refractivity (Wildman–Crippen MR) is 74.4 cm³/mol. The van der Waals surface area contributed by atoms with Gasteiger partial charge in [-0.25, -0.2) is 8.78 Å². The van der Waals surface area contributed by atoms with E-state index in [1.165, 1.54) is 0 Å². The Morgan fingerprint density at radius 1 is 1.33 bits per heavy atom. The highest BCUT2D eigenvalue weighted by molar-refractivity contribution is 6.30. The molecule has 0 amide bonds. The van der Waals surface area contributed by atoms with Gasteiger partial charge < -0.3 is 5.73 Å². The molecule has 0 radical (unpaired) electrons. The Hall–Kier alpha value is -0.670. The summed E-state index contributed by atoms with van der Waals surface area (Å²) in [6, 6.07) is 2.99. The van der Waals surface area contributed by atoms with Crippen LogP contribution in [0.2, 0.25) is 5.02 Å². The highest BCUT2D eigenvalue weighted by Gasteiger charge is 2.06. The summed E-state index contributed by atoms with van der Waals surface area (Å²) in [6.07, 6.45) is 2.16. The van der Waals surface area contributed by atoms with Crippen LogP contribution in [0, 0.1) is 12.7 Å². The maximum Gasteiger partial charge on any atom is 0.144 e. The minimum atomic E-state index is -0.497. The van der Waals surface area contributed by atoms with Gasteiger partial charge in [0.25, 0.3) is 0 Å². The topological polar surface area (TPSA) is 26.0 Å². The summed E-state index contributed by atoms with van der Waals surface area (Å²) in [4.78, 5) is 0. The van der Waals surface area contributed by atoms with Crippen molar-refractivity contribution in [3.8, 4) is 0 Å². The van der Waals surface area contributed by atoms with Crippen molar-refractivity contribution in [1.82, 2.24) is 0 Å². The van der Waals surface area contributed by atoms with Gasteiger partial charge in [0.2, 0.25) is 0 Å². The largest absolute Gasteiger partial charge is 0.325 e. The lowest BCUT2D eigenvalue weighted by Crippen LogP contribution is -2.21. The van der Waals surface area contributed by atoms with Crippen molar-refractivity contribution in [2.45, 2.75) is 46.1 Å². The molecule has 0 aliphatic carbocycles. The standard InChI is InChI=1S/C12H16ClF2N.C2H6/c1-8-5-9(6-11(13)12(8)15)3-2-4-10(16)7-14;1-2/h5-6,10H,2-4,7,16H2,1H3;1-2H3. The molecule has 0 aliphatic heterocycles. The van der Waals surface area contributed by atoms with Crippen molar-refractivity contribution in [1.29, 1.82) is 0 Å². The highest BCUT2D eigenvalue weighted by atomic mass is 35.5. The molecule has 4 heteroatoms. The van der Waals surface area contributed by atoms with E-state index in [4.69, 9.17) is 17.3 Å². The van der Waals surface area contributed by atoms with Crippen LogP contribution < -0.4 is 5.73 Å². The number of hydrogen-bond donors (Lipinski definition) is 1. The summed E-state index contributed by atoms with van der Waals surface area (Å²) in [5.41, 5.74) is 6.97. The lowest BCUT2D eigenvalue weighted by atomic mass is 10.0. The second kappa shape index (κ2) is 9.29. The first-order valence-electron chi connectivity index (χ1n) is 6.30. The van der Waals surface area contributed by atoms with Crippen LogP contribution in [-0.4, -0.2) is 12.7 Å². The minimum Gasteiger partial charge on any atom is -0.325 e. The van der Waals surface area contributed by atoms with Gasteiger partial charge in [0.1, 0.15) is 12.5 Å². The second-order valence-electron chi connectivity index (χ2n) is 4.02. The van der Waals surface area contributed by atoms with Crippen LogP contribution in [0.15, 0.2) is 12.1 Å². The smallest absolute Gasteiger partial charge is 0.144 e. The van der Waals surface area contributed by atoms with Gasteiger partial charge in [0.05, 0.1) is 5.02 Å². The van der Waals surface area contributed by atoms with E-state index in [1.54, 1.807) is 19.1 Å². The molecular formula is C14H22ClF2N. The average molecular weight is 278 g/mol. The molecule has 1 nitrogen and oxygen atoms in total. The van der Waals surface area contributed by atoms with Crippen molar-refractivity contribution in [2.75, 3.05) is 6.67 Å². The molecule has 0 heterocycles. The van der Waals surface area contributed by atoms with E-state index in [9.17, 15) is 8.78 Å². The molecule has 0 saturated carbocycles. The van der Waals surface area contributed by atoms with Crippen LogP contribution in [0.1, 0.15) is 37.8 Å². The fourth-order valence-electron chi connectivity index (χ4n) is 1.59. The molecule has 0 fully saturated rings. The van der Waals surface area contributed by atoms with E-state index >= 15 is 0 Å². The molecular weight excluding hydrogens is 256 g/mol. The van der Waals surface area contributed by atoms with E-state index in [0.717, 1.165) is 18.4 Å². The van der Waals surface area contributed by atoms with Gasteiger partial charge in [0.15, 0.2) is 0 Å². The Kier molecular flexibility index (Phi) is 8.94. The number of aryl methyl sites for hydroxylation is 2. The van der Waals surface area contributed by atoms with Crippen molar-refractivity contribution in [2.24, 2.45) is 5.73 Å². The first-order valence-corrected chi connectivity index (χ1v) is 6.68. The van der Waals surface area contributed by atoms with Crippen LogP contribution in [-0.2, 0) is 6.42 Å². The summed E-state index contributed by atoms with van der Waals surface area (Å²) in [5, 5.41) is 0.143. The van der Waals surface area contributed by atoms with E-state index in [1.807, 2.05) is 13.8 Å². The number of nitrogens with two attached hydrogens (primary N) is 1. The molecule has 104 valence electrons. The van der Waals surface area contributed by atoms with Crippen LogP contribution in [0.5, 0.6) is 0 Å². The molecule has 1 atom stereocenters. The molecule has 0 aliphatic rings. The Morgan fingerprint density at radius 3 is 2.44 bits per heavy atom. The Morgan fingerprint density at radius 2 is 1.94 bits per heavy atom. The quantitative estimate of drug-likeness (QED) is 0.846. The SMILES string of the molecule is CC.Cc1cc(CCCC(N)CF)cc(Cl)c1F. The van der Waals surface area contributed by atoms with E-state index < -0.39 is 12.7 Å². The van der Waals surface area contributed by atoms with E-state index in [-0.39, 0.29) is 10.8 Å². The molecule has 1 aromatic rings. The number of benzene rings is 1. The lowest BCUT2D eigenvalue weighted by Gasteiger charge is -2.08. The zero-order valence-corrected chi connectivity index (χ0v) is 12.0. The number of hydrogen-bond acceptors (Lipinski definition) is 1. The fourth-order valence-corrected chi connectivity index (χ4v) is 1.88. The summed E-state index contributed by atoms with van der Waals surface area (Å²) in [7, 11) is 0. The van der Waals surface area contributed by atoms with Crippen LogP contribution in [0.25, 0.3) is 0 Å². The average Bonchev–Trinajstić information content (AvgIpc) is 2.38. The van der Waals surface area contributed by atoms with Crippen LogP contribution in [0.3, 0.4) is 0 Å². The predicted octanol–water partition coefficient (Wildman–Crippen LogP) is 4.43. The third kappa shape index (κ3) is 5.78. The van der Waals surface area contributed by atoms with Gasteiger partial charge in [0, 0.05) is 6.04 Å².